The molecule has 0 bridgehead atoms. The fourth-order valence-electron chi connectivity index (χ4n) is 3.56. The molecule has 156 valence electrons. The molecule has 0 saturated heterocycles. The molecule has 1 atom stereocenters. The Bertz CT molecular complexity index is 840. The number of carbonyl (C=O) groups excluding carboxylic acids is 1. The van der Waals surface area contributed by atoms with E-state index in [1.165, 1.54) is 16.0 Å². The second-order valence-corrected chi connectivity index (χ2v) is 6.93. The van der Waals surface area contributed by atoms with E-state index >= 15 is 0 Å². The van der Waals surface area contributed by atoms with Crippen LogP contribution in [-0.2, 0) is 17.8 Å². The molecule has 0 aliphatic carbocycles. The van der Waals surface area contributed by atoms with Gasteiger partial charge in [0.25, 0.3) is 5.91 Å². The first kappa shape index (κ1) is 20.8. The van der Waals surface area contributed by atoms with E-state index in [-0.39, 0.29) is 5.91 Å². The minimum absolute atomic E-state index is 0.0209. The molecule has 0 fully saturated rings. The first-order valence-corrected chi connectivity index (χ1v) is 9.74. The summed E-state index contributed by atoms with van der Waals surface area (Å²) in [6, 6.07) is 11.5. The molecule has 2 aromatic rings. The van der Waals surface area contributed by atoms with Gasteiger partial charge in [0.15, 0.2) is 29.5 Å². The van der Waals surface area contributed by atoms with Crippen LogP contribution in [-0.4, -0.2) is 53.5 Å². The Morgan fingerprint density at radius 3 is 2.31 bits per heavy atom. The Morgan fingerprint density at radius 1 is 0.966 bits per heavy atom. The molecule has 2 aromatic carbocycles. The highest BCUT2D eigenvalue weighted by Crippen LogP contribution is 2.31. The number of methoxy groups -OCH3 is 3. The lowest BCUT2D eigenvalue weighted by Gasteiger charge is -2.26. The quantitative estimate of drug-likeness (QED) is 0.610. The van der Waals surface area contributed by atoms with E-state index in [0.717, 1.165) is 31.0 Å². The monoisotopic (exact) mass is 401 g/mol. The summed E-state index contributed by atoms with van der Waals surface area (Å²) >= 11 is 0. The zero-order valence-corrected chi connectivity index (χ0v) is 17.2. The van der Waals surface area contributed by atoms with Gasteiger partial charge in [0.2, 0.25) is 0 Å². The fraction of sp³-hybridized carbons (Fsp3) is 0.409. The summed E-state index contributed by atoms with van der Waals surface area (Å²) in [6.07, 6.45) is 0.912. The van der Waals surface area contributed by atoms with Crippen LogP contribution >= 0.6 is 0 Å². The zero-order valence-electron chi connectivity index (χ0n) is 17.2. The van der Waals surface area contributed by atoms with Gasteiger partial charge in [-0.25, -0.2) is 0 Å². The lowest BCUT2D eigenvalue weighted by Crippen LogP contribution is -3.12. The number of amides is 1. The maximum Gasteiger partial charge on any atom is 0.275 e. The molecule has 1 aliphatic heterocycles. The standard InChI is InChI=1S/C22H28N2O5/c1-26-18-6-4-5-7-19(18)29-11-9-23-22(25)15-24-10-8-16-12-20(27-2)21(28-3)13-17(16)14-24/h4-7,12-13H,8-11,14-15H2,1-3H3,(H,23,25)/p+1. The van der Waals surface area contributed by atoms with Gasteiger partial charge in [0.05, 0.1) is 34.4 Å². The van der Waals surface area contributed by atoms with Gasteiger partial charge in [0, 0.05) is 12.0 Å². The molecule has 3 rings (SSSR count). The van der Waals surface area contributed by atoms with E-state index < -0.39 is 0 Å². The number of nitrogens with one attached hydrogen (secondary N) is 2. The molecule has 0 spiro atoms. The van der Waals surface area contributed by atoms with Gasteiger partial charge >= 0.3 is 0 Å². The predicted molar refractivity (Wildman–Crippen MR) is 109 cm³/mol. The Morgan fingerprint density at radius 2 is 1.62 bits per heavy atom. The van der Waals surface area contributed by atoms with Crippen molar-refractivity contribution in [3.05, 3.63) is 47.5 Å². The van der Waals surface area contributed by atoms with Crippen molar-refractivity contribution in [3.8, 4) is 23.0 Å². The average Bonchev–Trinajstić information content (AvgIpc) is 2.75. The Hall–Kier alpha value is -2.93. The third-order valence-electron chi connectivity index (χ3n) is 5.06. The summed E-state index contributed by atoms with van der Waals surface area (Å²) in [7, 11) is 4.89. The number of fused-ring (bicyclic) bond motifs is 1. The highest BCUT2D eigenvalue weighted by Gasteiger charge is 2.23. The topological polar surface area (TPSA) is 70.5 Å². The first-order valence-electron chi connectivity index (χ1n) is 9.74. The summed E-state index contributed by atoms with van der Waals surface area (Å²) < 4.78 is 21.7. The lowest BCUT2D eigenvalue weighted by atomic mass is 9.99. The van der Waals surface area contributed by atoms with Crippen molar-refractivity contribution in [2.75, 3.05) is 47.6 Å². The predicted octanol–water partition coefficient (Wildman–Crippen LogP) is 0.849. The van der Waals surface area contributed by atoms with Gasteiger partial charge in [0.1, 0.15) is 13.2 Å². The van der Waals surface area contributed by atoms with E-state index in [9.17, 15) is 4.79 Å². The van der Waals surface area contributed by atoms with E-state index in [1.807, 2.05) is 36.4 Å². The van der Waals surface area contributed by atoms with Crippen LogP contribution in [0.3, 0.4) is 0 Å². The second-order valence-electron chi connectivity index (χ2n) is 6.93. The van der Waals surface area contributed by atoms with Crippen molar-refractivity contribution < 1.29 is 28.6 Å². The van der Waals surface area contributed by atoms with Gasteiger partial charge in [-0.05, 0) is 29.8 Å². The van der Waals surface area contributed by atoms with Gasteiger partial charge in [-0.15, -0.1) is 0 Å². The van der Waals surface area contributed by atoms with Crippen LogP contribution in [0, 0.1) is 0 Å². The Kier molecular flexibility index (Phi) is 7.19. The smallest absolute Gasteiger partial charge is 0.275 e. The highest BCUT2D eigenvalue weighted by atomic mass is 16.5. The van der Waals surface area contributed by atoms with Crippen molar-refractivity contribution >= 4 is 5.91 Å². The maximum atomic E-state index is 12.3. The van der Waals surface area contributed by atoms with Crippen molar-refractivity contribution in [3.63, 3.8) is 0 Å². The van der Waals surface area contributed by atoms with Crippen LogP contribution in [0.25, 0.3) is 0 Å². The molecule has 1 amide bonds. The summed E-state index contributed by atoms with van der Waals surface area (Å²) in [5.74, 6) is 2.86. The second kappa shape index (κ2) is 10.0. The minimum Gasteiger partial charge on any atom is -0.493 e. The van der Waals surface area contributed by atoms with E-state index in [4.69, 9.17) is 18.9 Å². The zero-order chi connectivity index (χ0) is 20.6. The van der Waals surface area contributed by atoms with Crippen molar-refractivity contribution in [2.24, 2.45) is 0 Å². The average molecular weight is 401 g/mol. The molecule has 2 N–H and O–H groups in total. The molecule has 29 heavy (non-hydrogen) atoms. The van der Waals surface area contributed by atoms with Crippen LogP contribution < -0.4 is 29.2 Å². The van der Waals surface area contributed by atoms with Crippen molar-refractivity contribution in [1.82, 2.24) is 5.32 Å². The van der Waals surface area contributed by atoms with Crippen LogP contribution in [0.1, 0.15) is 11.1 Å². The number of quaternary nitrogens is 1. The Balaban J connectivity index is 1.46. The number of ether oxygens (including phenoxy) is 4. The van der Waals surface area contributed by atoms with E-state index in [1.54, 1.807) is 21.3 Å². The van der Waals surface area contributed by atoms with Crippen LogP contribution in [0.5, 0.6) is 23.0 Å². The minimum atomic E-state index is 0.0209. The Labute approximate surface area is 171 Å². The number of rotatable bonds is 9. The molecule has 0 radical (unpaired) electrons. The SMILES string of the molecule is COc1cc2c(cc1OC)C[NH+](CC(=O)NCCOc1ccccc1OC)CC2. The summed E-state index contributed by atoms with van der Waals surface area (Å²) in [6.45, 7) is 2.98. The van der Waals surface area contributed by atoms with Crippen LogP contribution in [0.2, 0.25) is 0 Å². The molecule has 0 saturated carbocycles. The lowest BCUT2D eigenvalue weighted by molar-refractivity contribution is -0.908. The van der Waals surface area contributed by atoms with Crippen molar-refractivity contribution in [1.29, 1.82) is 0 Å². The van der Waals surface area contributed by atoms with E-state index in [2.05, 4.69) is 5.32 Å². The first-order chi connectivity index (χ1) is 14.1. The number of benzene rings is 2. The number of carbonyl (C=O) groups is 1. The number of hydrogen-bond donors (Lipinski definition) is 2. The number of hydrogen-bond acceptors (Lipinski definition) is 5. The van der Waals surface area contributed by atoms with Crippen LogP contribution in [0.4, 0.5) is 0 Å². The third kappa shape index (κ3) is 5.32. The van der Waals surface area contributed by atoms with Crippen LogP contribution in [0.15, 0.2) is 36.4 Å². The summed E-state index contributed by atoms with van der Waals surface area (Å²) in [5.41, 5.74) is 2.47. The van der Waals surface area contributed by atoms with Gasteiger partial charge in [-0.2, -0.15) is 0 Å². The van der Waals surface area contributed by atoms with E-state index in [0.29, 0.717) is 31.2 Å². The van der Waals surface area contributed by atoms with Crippen molar-refractivity contribution in [2.45, 2.75) is 13.0 Å². The fourth-order valence-corrected chi connectivity index (χ4v) is 3.56. The largest absolute Gasteiger partial charge is 0.493 e. The molecular formula is C22H29N2O5+. The molecule has 1 aliphatic rings. The third-order valence-corrected chi connectivity index (χ3v) is 5.06. The molecular weight excluding hydrogens is 372 g/mol. The highest BCUT2D eigenvalue weighted by molar-refractivity contribution is 5.76. The molecule has 7 heteroatoms. The van der Waals surface area contributed by atoms with Gasteiger partial charge in [-0.1, -0.05) is 12.1 Å². The molecule has 0 aromatic heterocycles. The molecule has 1 unspecified atom stereocenters. The normalized spacial score (nSPS) is 15.2. The molecule has 7 nitrogen and oxygen atoms in total. The summed E-state index contributed by atoms with van der Waals surface area (Å²) in [5, 5.41) is 2.93. The van der Waals surface area contributed by atoms with Gasteiger partial charge < -0.3 is 29.2 Å². The summed E-state index contributed by atoms with van der Waals surface area (Å²) in [4.78, 5) is 13.6. The number of para-hydroxylation sites is 2. The maximum absolute atomic E-state index is 12.3. The van der Waals surface area contributed by atoms with Gasteiger partial charge in [-0.3, -0.25) is 4.79 Å². The molecule has 1 heterocycles.